The van der Waals surface area contributed by atoms with E-state index in [0.717, 1.165) is 24.8 Å². The van der Waals surface area contributed by atoms with Crippen LogP contribution in [-0.2, 0) is 11.2 Å². The molecule has 1 aromatic rings. The first-order valence-electron chi connectivity index (χ1n) is 7.74. The summed E-state index contributed by atoms with van der Waals surface area (Å²) in [6.07, 6.45) is 3.02. The zero-order valence-corrected chi connectivity index (χ0v) is 13.3. The molecule has 0 aliphatic carbocycles. The van der Waals surface area contributed by atoms with Crippen LogP contribution in [-0.4, -0.2) is 29.8 Å². The van der Waals surface area contributed by atoms with Gasteiger partial charge in [-0.25, -0.2) is 0 Å². The Morgan fingerprint density at radius 3 is 2.48 bits per heavy atom. The highest BCUT2D eigenvalue weighted by Gasteiger charge is 2.13. The quantitative estimate of drug-likeness (QED) is 0.688. The number of aliphatic hydroxyl groups excluding tert-OH is 1. The van der Waals surface area contributed by atoms with Crippen LogP contribution >= 0.6 is 0 Å². The maximum Gasteiger partial charge on any atom is 0.260 e. The Balaban J connectivity index is 2.39. The number of nitrogens with one attached hydrogen (secondary N) is 1. The number of unbranched alkanes of at least 4 members (excludes halogenated alkanes) is 2. The molecule has 0 aliphatic rings. The van der Waals surface area contributed by atoms with E-state index in [-0.39, 0.29) is 12.0 Å². The van der Waals surface area contributed by atoms with E-state index in [9.17, 15) is 9.90 Å². The van der Waals surface area contributed by atoms with Gasteiger partial charge in [-0.1, -0.05) is 31.9 Å². The number of hydrogen-bond donors (Lipinski definition) is 2. The number of carbonyl (C=O) groups is 1. The topological polar surface area (TPSA) is 58.6 Å². The van der Waals surface area contributed by atoms with E-state index in [1.54, 1.807) is 13.8 Å². The number of rotatable bonds is 9. The van der Waals surface area contributed by atoms with Gasteiger partial charge in [-0.2, -0.15) is 0 Å². The fourth-order valence-electron chi connectivity index (χ4n) is 2.03. The van der Waals surface area contributed by atoms with E-state index in [0.29, 0.717) is 18.7 Å². The lowest BCUT2D eigenvalue weighted by molar-refractivity contribution is -0.127. The van der Waals surface area contributed by atoms with Crippen molar-refractivity contribution in [3.63, 3.8) is 0 Å². The Morgan fingerprint density at radius 2 is 1.90 bits per heavy atom. The lowest BCUT2D eigenvalue weighted by Gasteiger charge is -2.15. The zero-order chi connectivity index (χ0) is 15.7. The number of aliphatic hydroxyl groups is 1. The van der Waals surface area contributed by atoms with Crippen LogP contribution in [0.15, 0.2) is 24.3 Å². The van der Waals surface area contributed by atoms with E-state index >= 15 is 0 Å². The van der Waals surface area contributed by atoms with Crippen molar-refractivity contribution in [2.45, 2.75) is 58.7 Å². The summed E-state index contributed by atoms with van der Waals surface area (Å²) in [5, 5.41) is 12.2. The molecule has 0 bridgehead atoms. The van der Waals surface area contributed by atoms with Crippen LogP contribution in [0.25, 0.3) is 0 Å². The molecule has 2 N–H and O–H groups in total. The van der Waals surface area contributed by atoms with E-state index in [1.807, 2.05) is 24.3 Å². The first-order chi connectivity index (χ1) is 10.0. The predicted octanol–water partition coefficient (Wildman–Crippen LogP) is 2.68. The molecule has 0 heterocycles. The summed E-state index contributed by atoms with van der Waals surface area (Å²) in [5.74, 6) is 0.583. The number of hydrogen-bond acceptors (Lipinski definition) is 3. The average Bonchev–Trinajstić information content (AvgIpc) is 2.45. The molecule has 118 valence electrons. The van der Waals surface area contributed by atoms with E-state index in [2.05, 4.69) is 12.2 Å². The minimum absolute atomic E-state index is 0.0841. The molecule has 4 nitrogen and oxygen atoms in total. The molecule has 0 radical (unpaired) electrons. The predicted molar refractivity (Wildman–Crippen MR) is 84.5 cm³/mol. The Hall–Kier alpha value is -1.55. The number of carbonyl (C=O) groups excluding carboxylic acids is 1. The highest BCUT2D eigenvalue weighted by Crippen LogP contribution is 2.15. The molecule has 0 saturated heterocycles. The minimum Gasteiger partial charge on any atom is -0.481 e. The molecule has 1 rings (SSSR count). The summed E-state index contributed by atoms with van der Waals surface area (Å²) in [6, 6.07) is 7.49. The van der Waals surface area contributed by atoms with Gasteiger partial charge >= 0.3 is 0 Å². The first-order valence-corrected chi connectivity index (χ1v) is 7.74. The Bertz CT molecular complexity index is 415. The Kier molecular flexibility index (Phi) is 7.83. The van der Waals surface area contributed by atoms with Gasteiger partial charge in [0.2, 0.25) is 0 Å². The van der Waals surface area contributed by atoms with E-state index in [1.165, 1.54) is 0 Å². The van der Waals surface area contributed by atoms with Gasteiger partial charge in [0.25, 0.3) is 5.91 Å². The molecule has 0 saturated carbocycles. The maximum absolute atomic E-state index is 11.9. The fourth-order valence-corrected chi connectivity index (χ4v) is 2.03. The van der Waals surface area contributed by atoms with E-state index in [4.69, 9.17) is 4.74 Å². The van der Waals surface area contributed by atoms with Crippen LogP contribution < -0.4 is 10.1 Å². The molecule has 0 aromatic heterocycles. The third-order valence-corrected chi connectivity index (χ3v) is 3.22. The van der Waals surface area contributed by atoms with Gasteiger partial charge in [0.15, 0.2) is 6.10 Å². The lowest BCUT2D eigenvalue weighted by Crippen LogP contribution is -2.36. The van der Waals surface area contributed by atoms with Crippen molar-refractivity contribution in [2.75, 3.05) is 6.54 Å². The molecule has 1 amide bonds. The largest absolute Gasteiger partial charge is 0.481 e. The van der Waals surface area contributed by atoms with Crippen molar-refractivity contribution in [1.29, 1.82) is 0 Å². The Labute approximate surface area is 127 Å². The van der Waals surface area contributed by atoms with Crippen molar-refractivity contribution in [3.8, 4) is 5.75 Å². The summed E-state index contributed by atoms with van der Waals surface area (Å²) in [4.78, 5) is 11.9. The van der Waals surface area contributed by atoms with Gasteiger partial charge in [-0.15, -0.1) is 0 Å². The third-order valence-electron chi connectivity index (χ3n) is 3.22. The highest BCUT2D eigenvalue weighted by molar-refractivity contribution is 5.80. The molecular formula is C17H27NO3. The fraction of sp³-hybridized carbons (Fsp3) is 0.588. The van der Waals surface area contributed by atoms with Gasteiger partial charge in [0, 0.05) is 6.54 Å². The van der Waals surface area contributed by atoms with E-state index < -0.39 is 6.10 Å². The normalized spacial score (nSPS) is 13.5. The summed E-state index contributed by atoms with van der Waals surface area (Å²) in [7, 11) is 0. The molecule has 2 atom stereocenters. The Morgan fingerprint density at radius 1 is 1.24 bits per heavy atom. The van der Waals surface area contributed by atoms with Crippen LogP contribution in [0.5, 0.6) is 5.75 Å². The molecule has 21 heavy (non-hydrogen) atoms. The standard InChI is InChI=1S/C17H27NO3/c1-4-5-6-11-18-17(20)14(3)21-16-9-7-15(8-10-16)12-13(2)19/h7-10,13-14,19H,4-6,11-12H2,1-3H3,(H,18,20). The summed E-state index contributed by atoms with van der Waals surface area (Å²) >= 11 is 0. The van der Waals surface area contributed by atoms with Crippen molar-refractivity contribution in [1.82, 2.24) is 5.32 Å². The summed E-state index contributed by atoms with van der Waals surface area (Å²) < 4.78 is 5.62. The maximum atomic E-state index is 11.9. The molecule has 0 aliphatic heterocycles. The summed E-state index contributed by atoms with van der Waals surface area (Å²) in [5.41, 5.74) is 1.05. The second-order valence-corrected chi connectivity index (χ2v) is 5.46. The van der Waals surface area contributed by atoms with Gasteiger partial charge in [-0.05, 0) is 44.4 Å². The monoisotopic (exact) mass is 293 g/mol. The SMILES string of the molecule is CCCCCNC(=O)C(C)Oc1ccc(CC(C)O)cc1. The molecular weight excluding hydrogens is 266 g/mol. The van der Waals surface area contributed by atoms with Crippen molar-refractivity contribution < 1.29 is 14.6 Å². The van der Waals surface area contributed by atoms with Crippen molar-refractivity contribution in [3.05, 3.63) is 29.8 Å². The number of ether oxygens (including phenoxy) is 1. The highest BCUT2D eigenvalue weighted by atomic mass is 16.5. The van der Waals surface area contributed by atoms with Crippen LogP contribution in [0.3, 0.4) is 0 Å². The van der Waals surface area contributed by atoms with Gasteiger partial charge < -0.3 is 15.2 Å². The smallest absolute Gasteiger partial charge is 0.260 e. The minimum atomic E-state index is -0.505. The molecule has 0 fully saturated rings. The number of amides is 1. The van der Waals surface area contributed by atoms with Crippen molar-refractivity contribution in [2.24, 2.45) is 0 Å². The molecule has 4 heteroatoms. The van der Waals surface area contributed by atoms with Gasteiger partial charge in [-0.3, -0.25) is 4.79 Å². The second kappa shape index (κ2) is 9.40. The van der Waals surface area contributed by atoms with Crippen LogP contribution in [0.1, 0.15) is 45.6 Å². The zero-order valence-electron chi connectivity index (χ0n) is 13.3. The second-order valence-electron chi connectivity index (χ2n) is 5.46. The molecule has 1 aromatic carbocycles. The molecule has 2 unspecified atom stereocenters. The van der Waals surface area contributed by atoms with Crippen LogP contribution in [0.4, 0.5) is 0 Å². The molecule has 0 spiro atoms. The van der Waals surface area contributed by atoms with Gasteiger partial charge in [0.05, 0.1) is 6.10 Å². The first kappa shape index (κ1) is 17.5. The average molecular weight is 293 g/mol. The van der Waals surface area contributed by atoms with Crippen molar-refractivity contribution >= 4 is 5.91 Å². The summed E-state index contributed by atoms with van der Waals surface area (Å²) in [6.45, 7) is 6.34. The third kappa shape index (κ3) is 7.14. The lowest BCUT2D eigenvalue weighted by atomic mass is 10.1. The van der Waals surface area contributed by atoms with Crippen LogP contribution in [0.2, 0.25) is 0 Å². The van der Waals surface area contributed by atoms with Gasteiger partial charge in [0.1, 0.15) is 5.75 Å². The number of benzene rings is 1. The van der Waals surface area contributed by atoms with Crippen LogP contribution in [0, 0.1) is 0 Å².